The number of methoxy groups -OCH3 is 1. The predicted molar refractivity (Wildman–Crippen MR) is 137 cm³/mol. The zero-order valence-electron chi connectivity index (χ0n) is 20.0. The Morgan fingerprint density at radius 3 is 2.33 bits per heavy atom. The number of rotatable bonds is 6. The highest BCUT2D eigenvalue weighted by molar-refractivity contribution is 5.95. The van der Waals surface area contributed by atoms with Gasteiger partial charge in [0, 0.05) is 30.8 Å². The Morgan fingerprint density at radius 1 is 0.944 bits per heavy atom. The standard InChI is InChI=1S/C28H27N5O3/c1-36-23-12-10-20(11-13-23)25-19-24(31-33(25)22-7-3-2-4-8-22)28(35)32-17-14-21(15-18-32)27(34)30-26-9-5-6-16-29-26/h2-13,16,19,21H,14-15,17-18H2,1H3,(H,29,30,34). The van der Waals surface area contributed by atoms with Crippen molar-refractivity contribution < 1.29 is 14.3 Å². The van der Waals surface area contributed by atoms with Gasteiger partial charge in [-0.25, -0.2) is 9.67 Å². The summed E-state index contributed by atoms with van der Waals surface area (Å²) in [4.78, 5) is 32.0. The van der Waals surface area contributed by atoms with Gasteiger partial charge in [-0.3, -0.25) is 9.59 Å². The van der Waals surface area contributed by atoms with Crippen LogP contribution in [0.1, 0.15) is 23.3 Å². The number of para-hydroxylation sites is 1. The summed E-state index contributed by atoms with van der Waals surface area (Å²) in [5.74, 6) is 0.945. The maximum absolute atomic E-state index is 13.4. The SMILES string of the molecule is COc1ccc(-c2cc(C(=O)N3CCC(C(=O)Nc4ccccn4)CC3)nn2-c2ccccc2)cc1. The van der Waals surface area contributed by atoms with Crippen molar-refractivity contribution in [2.75, 3.05) is 25.5 Å². The molecule has 2 amide bonds. The number of nitrogens with zero attached hydrogens (tertiary/aromatic N) is 4. The Morgan fingerprint density at radius 2 is 1.67 bits per heavy atom. The number of hydrogen-bond donors (Lipinski definition) is 1. The van der Waals surface area contributed by atoms with E-state index in [-0.39, 0.29) is 17.7 Å². The topological polar surface area (TPSA) is 89.3 Å². The molecule has 1 N–H and O–H groups in total. The van der Waals surface area contributed by atoms with Crippen LogP contribution in [0.3, 0.4) is 0 Å². The minimum atomic E-state index is -0.159. The Hall–Kier alpha value is -4.46. The monoisotopic (exact) mass is 481 g/mol. The Bertz CT molecular complexity index is 1330. The molecule has 2 aromatic carbocycles. The summed E-state index contributed by atoms with van der Waals surface area (Å²) in [5.41, 5.74) is 2.99. The predicted octanol–water partition coefficient (Wildman–Crippen LogP) is 4.43. The molecule has 5 rings (SSSR count). The second kappa shape index (κ2) is 10.4. The molecule has 0 radical (unpaired) electrons. The van der Waals surface area contributed by atoms with Gasteiger partial charge in [-0.15, -0.1) is 0 Å². The lowest BCUT2D eigenvalue weighted by molar-refractivity contribution is -0.121. The summed E-state index contributed by atoms with van der Waals surface area (Å²) in [7, 11) is 1.63. The average Bonchev–Trinajstić information content (AvgIpc) is 3.39. The smallest absolute Gasteiger partial charge is 0.274 e. The third kappa shape index (κ3) is 4.98. The first-order valence-corrected chi connectivity index (χ1v) is 11.9. The van der Waals surface area contributed by atoms with E-state index in [9.17, 15) is 9.59 Å². The molecule has 4 aromatic rings. The minimum Gasteiger partial charge on any atom is -0.497 e. The van der Waals surface area contributed by atoms with E-state index in [0.717, 1.165) is 22.7 Å². The fraction of sp³-hybridized carbons (Fsp3) is 0.214. The van der Waals surface area contributed by atoms with Crippen molar-refractivity contribution in [3.8, 4) is 22.7 Å². The second-order valence-corrected chi connectivity index (χ2v) is 8.66. The molecule has 0 unspecified atom stereocenters. The van der Waals surface area contributed by atoms with E-state index in [1.807, 2.05) is 66.7 Å². The summed E-state index contributed by atoms with van der Waals surface area (Å²) in [5, 5.41) is 7.56. The van der Waals surface area contributed by atoms with Gasteiger partial charge < -0.3 is 15.0 Å². The van der Waals surface area contributed by atoms with Crippen LogP contribution in [0.25, 0.3) is 16.9 Å². The highest BCUT2D eigenvalue weighted by atomic mass is 16.5. The quantitative estimate of drug-likeness (QED) is 0.440. The molecule has 1 aliphatic heterocycles. The summed E-state index contributed by atoms with van der Waals surface area (Å²) < 4.78 is 7.08. The van der Waals surface area contributed by atoms with Crippen molar-refractivity contribution in [3.63, 3.8) is 0 Å². The molecular weight excluding hydrogens is 454 g/mol. The van der Waals surface area contributed by atoms with Crippen molar-refractivity contribution in [3.05, 3.63) is 90.8 Å². The number of carbonyl (C=O) groups is 2. The van der Waals surface area contributed by atoms with Crippen molar-refractivity contribution in [1.29, 1.82) is 0 Å². The van der Waals surface area contributed by atoms with Crippen molar-refractivity contribution in [1.82, 2.24) is 19.7 Å². The van der Waals surface area contributed by atoms with Crippen LogP contribution >= 0.6 is 0 Å². The van der Waals surface area contributed by atoms with E-state index >= 15 is 0 Å². The summed E-state index contributed by atoms with van der Waals surface area (Å²) >= 11 is 0. The number of carbonyl (C=O) groups excluding carboxylic acids is 2. The molecule has 0 spiro atoms. The van der Waals surface area contributed by atoms with Crippen LogP contribution < -0.4 is 10.1 Å². The van der Waals surface area contributed by atoms with Crippen LogP contribution in [0, 0.1) is 5.92 Å². The van der Waals surface area contributed by atoms with Gasteiger partial charge in [0.1, 0.15) is 11.6 Å². The van der Waals surface area contributed by atoms with Crippen LogP contribution in [0.5, 0.6) is 5.75 Å². The molecule has 3 heterocycles. The molecule has 182 valence electrons. The van der Waals surface area contributed by atoms with E-state index in [4.69, 9.17) is 9.84 Å². The van der Waals surface area contributed by atoms with Gasteiger partial charge in [0.05, 0.1) is 18.5 Å². The van der Waals surface area contributed by atoms with Gasteiger partial charge in [-0.2, -0.15) is 5.10 Å². The van der Waals surface area contributed by atoms with Crippen molar-refractivity contribution >= 4 is 17.6 Å². The van der Waals surface area contributed by atoms with Gasteiger partial charge >= 0.3 is 0 Å². The van der Waals surface area contributed by atoms with Crippen LogP contribution in [0.15, 0.2) is 85.1 Å². The molecular formula is C28H27N5O3. The van der Waals surface area contributed by atoms with Gasteiger partial charge in [0.2, 0.25) is 5.91 Å². The Kier molecular flexibility index (Phi) is 6.75. The molecule has 8 heteroatoms. The van der Waals surface area contributed by atoms with Gasteiger partial charge in [-0.1, -0.05) is 24.3 Å². The molecule has 0 saturated carbocycles. The molecule has 1 saturated heterocycles. The van der Waals surface area contributed by atoms with Crippen molar-refractivity contribution in [2.45, 2.75) is 12.8 Å². The first-order valence-electron chi connectivity index (χ1n) is 11.9. The first-order chi connectivity index (χ1) is 17.6. The molecule has 8 nitrogen and oxygen atoms in total. The number of pyridine rings is 1. The van der Waals surface area contributed by atoms with E-state index < -0.39 is 0 Å². The summed E-state index contributed by atoms with van der Waals surface area (Å²) in [6.45, 7) is 0.990. The maximum Gasteiger partial charge on any atom is 0.274 e. The Balaban J connectivity index is 1.33. The summed E-state index contributed by atoms with van der Waals surface area (Å²) in [6.07, 6.45) is 2.83. The zero-order valence-corrected chi connectivity index (χ0v) is 20.0. The minimum absolute atomic E-state index is 0.0593. The molecule has 0 bridgehead atoms. The third-order valence-corrected chi connectivity index (χ3v) is 6.38. The molecule has 1 fully saturated rings. The van der Waals surface area contributed by atoms with Crippen LogP contribution in [-0.2, 0) is 4.79 Å². The fourth-order valence-electron chi connectivity index (χ4n) is 4.39. The number of nitrogens with one attached hydrogen (secondary N) is 1. The zero-order chi connectivity index (χ0) is 24.9. The van der Waals surface area contributed by atoms with Gasteiger partial charge in [-0.05, 0) is 67.4 Å². The molecule has 0 aliphatic carbocycles. The van der Waals surface area contributed by atoms with E-state index in [1.54, 1.807) is 35.0 Å². The highest BCUT2D eigenvalue weighted by Gasteiger charge is 2.29. The number of benzene rings is 2. The Labute approximate surface area is 209 Å². The number of anilines is 1. The van der Waals surface area contributed by atoms with E-state index in [0.29, 0.717) is 37.4 Å². The average molecular weight is 482 g/mol. The summed E-state index contributed by atoms with van der Waals surface area (Å²) in [6, 6.07) is 24.7. The van der Waals surface area contributed by atoms with E-state index in [1.165, 1.54) is 0 Å². The number of ether oxygens (including phenoxy) is 1. The largest absolute Gasteiger partial charge is 0.497 e. The molecule has 36 heavy (non-hydrogen) atoms. The lowest BCUT2D eigenvalue weighted by Crippen LogP contribution is -2.41. The lowest BCUT2D eigenvalue weighted by Gasteiger charge is -2.30. The van der Waals surface area contributed by atoms with Crippen LogP contribution in [0.2, 0.25) is 0 Å². The van der Waals surface area contributed by atoms with Gasteiger partial charge in [0.15, 0.2) is 5.69 Å². The fourth-order valence-corrected chi connectivity index (χ4v) is 4.39. The second-order valence-electron chi connectivity index (χ2n) is 8.66. The number of hydrogen-bond acceptors (Lipinski definition) is 5. The van der Waals surface area contributed by atoms with Crippen molar-refractivity contribution in [2.24, 2.45) is 5.92 Å². The number of aromatic nitrogens is 3. The number of amides is 2. The van der Waals surface area contributed by atoms with E-state index in [2.05, 4.69) is 10.3 Å². The number of piperidine rings is 1. The number of likely N-dealkylation sites (tertiary alicyclic amines) is 1. The normalized spacial score (nSPS) is 13.9. The van der Waals surface area contributed by atoms with Gasteiger partial charge in [0.25, 0.3) is 5.91 Å². The molecule has 0 atom stereocenters. The molecule has 1 aliphatic rings. The molecule has 2 aromatic heterocycles. The van der Waals surface area contributed by atoms with Crippen LogP contribution in [-0.4, -0.2) is 51.7 Å². The highest BCUT2D eigenvalue weighted by Crippen LogP contribution is 2.27. The lowest BCUT2D eigenvalue weighted by atomic mass is 9.95. The first kappa shape index (κ1) is 23.3. The third-order valence-electron chi connectivity index (χ3n) is 6.38. The van der Waals surface area contributed by atoms with Crippen LogP contribution in [0.4, 0.5) is 5.82 Å². The maximum atomic E-state index is 13.4.